The molecule has 4 rings (SSSR count). The molecule has 5 nitrogen and oxygen atoms in total. The maximum Gasteiger partial charge on any atom is 0.197 e. The number of hydrogen-bond donors (Lipinski definition) is 1. The third-order valence-corrected chi connectivity index (χ3v) is 6.95. The molecule has 0 bridgehead atoms. The molecule has 2 heterocycles. The van der Waals surface area contributed by atoms with E-state index < -0.39 is 6.10 Å². The van der Waals surface area contributed by atoms with Crippen molar-refractivity contribution in [2.45, 2.75) is 77.7 Å². The van der Waals surface area contributed by atoms with Gasteiger partial charge in [0.1, 0.15) is 0 Å². The van der Waals surface area contributed by atoms with Crippen molar-refractivity contribution >= 4 is 0 Å². The van der Waals surface area contributed by atoms with Crippen LogP contribution in [0.2, 0.25) is 0 Å². The molecular formula is C24H36FNO4. The minimum Gasteiger partial charge on any atom is -0.493 e. The summed E-state index contributed by atoms with van der Waals surface area (Å²) in [5, 5.41) is 10.7. The van der Waals surface area contributed by atoms with Crippen LogP contribution in [0.1, 0.15) is 64.6 Å². The molecule has 0 spiro atoms. The molecule has 1 saturated carbocycles. The van der Waals surface area contributed by atoms with Gasteiger partial charge >= 0.3 is 0 Å². The fraction of sp³-hybridized carbons (Fsp3) is 0.750. The highest BCUT2D eigenvalue weighted by molar-refractivity contribution is 5.51. The Morgan fingerprint density at radius 2 is 2.00 bits per heavy atom. The summed E-state index contributed by atoms with van der Waals surface area (Å²) in [7, 11) is 1.55. The van der Waals surface area contributed by atoms with Crippen LogP contribution in [0.25, 0.3) is 0 Å². The number of aliphatic hydroxyl groups is 1. The van der Waals surface area contributed by atoms with Crippen molar-refractivity contribution in [2.75, 3.05) is 26.8 Å². The summed E-state index contributed by atoms with van der Waals surface area (Å²) >= 11 is 0. The summed E-state index contributed by atoms with van der Waals surface area (Å²) < 4.78 is 33.0. The Morgan fingerprint density at radius 1 is 1.30 bits per heavy atom. The van der Waals surface area contributed by atoms with E-state index in [1.54, 1.807) is 7.11 Å². The third-order valence-electron chi connectivity index (χ3n) is 6.95. The Labute approximate surface area is 179 Å². The number of rotatable bonds is 5. The van der Waals surface area contributed by atoms with Gasteiger partial charge in [-0.1, -0.05) is 13.8 Å². The lowest BCUT2D eigenvalue weighted by molar-refractivity contribution is -0.149. The topological polar surface area (TPSA) is 51.2 Å². The van der Waals surface area contributed by atoms with E-state index in [1.807, 2.05) is 26.8 Å². The highest BCUT2D eigenvalue weighted by atomic mass is 19.1. The molecule has 1 saturated heterocycles. The number of aliphatic hydroxyl groups excluding tert-OH is 1. The summed E-state index contributed by atoms with van der Waals surface area (Å²) in [6, 6.07) is 1.88. The highest BCUT2D eigenvalue weighted by Crippen LogP contribution is 2.52. The van der Waals surface area contributed by atoms with E-state index in [1.165, 1.54) is 0 Å². The monoisotopic (exact) mass is 421 g/mol. The summed E-state index contributed by atoms with van der Waals surface area (Å²) in [4.78, 5) is 2.30. The molecule has 168 valence electrons. The molecule has 3 aliphatic rings. The molecule has 0 radical (unpaired) electrons. The Bertz CT molecular complexity index is 803. The number of fused-ring (bicyclic) bond motifs is 3. The molecule has 1 aromatic carbocycles. The number of hydrogen-bond acceptors (Lipinski definition) is 5. The lowest BCUT2D eigenvalue weighted by atomic mass is 9.84. The normalized spacial score (nSPS) is 30.4. The van der Waals surface area contributed by atoms with Gasteiger partial charge in [-0.2, -0.15) is 0 Å². The zero-order chi connectivity index (χ0) is 21.8. The molecule has 6 heteroatoms. The molecule has 2 aliphatic heterocycles. The van der Waals surface area contributed by atoms with Gasteiger partial charge in [0.15, 0.2) is 17.3 Å². The van der Waals surface area contributed by atoms with Crippen molar-refractivity contribution in [3.63, 3.8) is 0 Å². The van der Waals surface area contributed by atoms with Crippen LogP contribution in [0.5, 0.6) is 11.5 Å². The molecule has 1 aromatic rings. The Morgan fingerprint density at radius 3 is 2.60 bits per heavy atom. The van der Waals surface area contributed by atoms with Crippen molar-refractivity contribution in [2.24, 2.45) is 11.3 Å². The lowest BCUT2D eigenvalue weighted by Gasteiger charge is -2.46. The third kappa shape index (κ3) is 4.19. The second kappa shape index (κ2) is 7.64. The molecule has 0 amide bonds. The largest absolute Gasteiger partial charge is 0.493 e. The molecule has 0 aromatic heterocycles. The van der Waals surface area contributed by atoms with Gasteiger partial charge in [-0.25, -0.2) is 4.39 Å². The predicted molar refractivity (Wildman–Crippen MR) is 114 cm³/mol. The molecular weight excluding hydrogens is 385 g/mol. The fourth-order valence-electron chi connectivity index (χ4n) is 4.95. The molecule has 1 aliphatic carbocycles. The van der Waals surface area contributed by atoms with Crippen LogP contribution in [0.15, 0.2) is 6.07 Å². The number of nitrogens with zero attached hydrogens (tertiary/aromatic N) is 1. The highest BCUT2D eigenvalue weighted by Gasteiger charge is 2.46. The first kappa shape index (κ1) is 21.8. The van der Waals surface area contributed by atoms with Crippen LogP contribution < -0.4 is 9.47 Å². The Kier molecular flexibility index (Phi) is 5.57. The van der Waals surface area contributed by atoms with Gasteiger partial charge in [0, 0.05) is 19.1 Å². The Balaban J connectivity index is 1.57. The van der Waals surface area contributed by atoms with Gasteiger partial charge in [0.2, 0.25) is 0 Å². The van der Waals surface area contributed by atoms with Gasteiger partial charge in [-0.15, -0.1) is 0 Å². The zero-order valence-corrected chi connectivity index (χ0v) is 19.1. The number of halogens is 1. The van der Waals surface area contributed by atoms with E-state index in [9.17, 15) is 5.11 Å². The molecule has 4 atom stereocenters. The minimum absolute atomic E-state index is 0.0385. The quantitative estimate of drug-likeness (QED) is 0.776. The van der Waals surface area contributed by atoms with Crippen LogP contribution in [0, 0.1) is 17.2 Å². The van der Waals surface area contributed by atoms with Crippen LogP contribution >= 0.6 is 0 Å². The van der Waals surface area contributed by atoms with E-state index in [2.05, 4.69) is 18.7 Å². The van der Waals surface area contributed by atoms with Crippen molar-refractivity contribution in [3.05, 3.63) is 23.0 Å². The van der Waals surface area contributed by atoms with Gasteiger partial charge in [-0.3, -0.25) is 4.90 Å². The smallest absolute Gasteiger partial charge is 0.197 e. The lowest BCUT2D eigenvalue weighted by Crippen LogP contribution is -2.53. The van der Waals surface area contributed by atoms with Crippen LogP contribution in [0.4, 0.5) is 4.39 Å². The first-order chi connectivity index (χ1) is 14.0. The summed E-state index contributed by atoms with van der Waals surface area (Å²) in [6.45, 7) is 12.3. The predicted octanol–water partition coefficient (Wildman–Crippen LogP) is 4.11. The number of benzene rings is 1. The maximum absolute atomic E-state index is 15.5. The molecule has 0 unspecified atom stereocenters. The summed E-state index contributed by atoms with van der Waals surface area (Å²) in [5.41, 5.74) is 1.57. The van der Waals surface area contributed by atoms with Gasteiger partial charge in [-0.05, 0) is 68.6 Å². The van der Waals surface area contributed by atoms with E-state index in [4.69, 9.17) is 14.2 Å². The van der Waals surface area contributed by atoms with Crippen molar-refractivity contribution in [1.82, 2.24) is 4.90 Å². The van der Waals surface area contributed by atoms with Crippen LogP contribution in [-0.2, 0) is 11.2 Å². The fourth-order valence-corrected chi connectivity index (χ4v) is 4.95. The first-order valence-electron chi connectivity index (χ1n) is 11.1. The molecule has 1 N–H and O–H groups in total. The number of ether oxygens (including phenoxy) is 3. The average Bonchev–Trinajstić information content (AvgIpc) is 3.26. The number of piperidine rings is 1. The second-order valence-corrected chi connectivity index (χ2v) is 10.8. The SMILES string of the molecule is COc1cc2c(c(F)c1OC[C@H]1CC1(C)C)CCN1C[C@@H](OC(C)(C)C)[C@H](O)C[C@H]21. The second-order valence-electron chi connectivity index (χ2n) is 10.8. The van der Waals surface area contributed by atoms with Gasteiger partial charge < -0.3 is 19.3 Å². The van der Waals surface area contributed by atoms with Crippen LogP contribution in [0.3, 0.4) is 0 Å². The van der Waals surface area contributed by atoms with Crippen molar-refractivity contribution < 1.29 is 23.7 Å². The number of methoxy groups -OCH3 is 1. The standard InChI is InChI=1S/C24H36FNO4/c1-23(2,3)30-20-12-26-8-7-15-16(17(26)10-18(20)27)9-19(28-6)22(21(15)25)29-13-14-11-24(14,4)5/h9,14,17-18,20,27H,7-8,10-13H2,1-6H3/t14-,17-,18-,20-/m1/s1. The molecule has 30 heavy (non-hydrogen) atoms. The van der Waals surface area contributed by atoms with Gasteiger partial charge in [0.05, 0.1) is 31.5 Å². The first-order valence-corrected chi connectivity index (χ1v) is 11.1. The van der Waals surface area contributed by atoms with E-state index >= 15 is 4.39 Å². The maximum atomic E-state index is 15.5. The average molecular weight is 422 g/mol. The van der Waals surface area contributed by atoms with E-state index in [0.717, 1.165) is 18.5 Å². The zero-order valence-electron chi connectivity index (χ0n) is 19.1. The van der Waals surface area contributed by atoms with Gasteiger partial charge in [0.25, 0.3) is 0 Å². The van der Waals surface area contributed by atoms with Crippen molar-refractivity contribution in [1.29, 1.82) is 0 Å². The van der Waals surface area contributed by atoms with E-state index in [0.29, 0.717) is 43.2 Å². The molecule has 2 fully saturated rings. The Hall–Kier alpha value is -1.37. The minimum atomic E-state index is -0.585. The van der Waals surface area contributed by atoms with E-state index in [-0.39, 0.29) is 34.7 Å². The van der Waals surface area contributed by atoms with Crippen LogP contribution in [-0.4, -0.2) is 54.6 Å². The summed E-state index contributed by atoms with van der Waals surface area (Å²) in [6.07, 6.45) is 1.42. The van der Waals surface area contributed by atoms with Crippen molar-refractivity contribution in [3.8, 4) is 11.5 Å². The summed E-state index contributed by atoms with van der Waals surface area (Å²) in [5.74, 6) is 0.832.